The van der Waals surface area contributed by atoms with Gasteiger partial charge in [0.25, 0.3) is 0 Å². The number of benzene rings is 1. The molecule has 0 aliphatic carbocycles. The third-order valence-corrected chi connectivity index (χ3v) is 3.87. The maximum atomic E-state index is 5.91. The first-order chi connectivity index (χ1) is 13.6. The molecule has 7 heteroatoms. The lowest BCUT2D eigenvalue weighted by Gasteiger charge is -2.18. The van der Waals surface area contributed by atoms with Crippen molar-refractivity contribution in [3.8, 4) is 17.4 Å². The third-order valence-electron chi connectivity index (χ3n) is 3.87. The van der Waals surface area contributed by atoms with E-state index in [9.17, 15) is 0 Å². The summed E-state index contributed by atoms with van der Waals surface area (Å²) in [4.78, 5) is 8.54. The fraction of sp³-hybridized carbons (Fsp3) is 0.429. The van der Waals surface area contributed by atoms with Gasteiger partial charge in [0.15, 0.2) is 5.96 Å². The lowest BCUT2D eigenvalue weighted by molar-refractivity contribution is 0.223. The van der Waals surface area contributed by atoms with Gasteiger partial charge in [0, 0.05) is 31.9 Å². The predicted molar refractivity (Wildman–Crippen MR) is 111 cm³/mol. The second-order valence-corrected chi connectivity index (χ2v) is 6.27. The molecule has 1 aromatic carbocycles. The molecule has 7 nitrogen and oxygen atoms in total. The number of nitrogens with one attached hydrogen (secondary N) is 2. The van der Waals surface area contributed by atoms with Gasteiger partial charge in [-0.3, -0.25) is 4.99 Å². The van der Waals surface area contributed by atoms with E-state index in [1.165, 1.54) is 0 Å². The molecule has 2 aromatic rings. The van der Waals surface area contributed by atoms with Gasteiger partial charge >= 0.3 is 0 Å². The highest BCUT2D eigenvalue weighted by molar-refractivity contribution is 5.79. The molecule has 2 rings (SSSR count). The van der Waals surface area contributed by atoms with E-state index in [1.54, 1.807) is 20.4 Å². The van der Waals surface area contributed by atoms with Crippen molar-refractivity contribution in [3.63, 3.8) is 0 Å². The normalized spacial score (nSPS) is 12.2. The first-order valence-electron chi connectivity index (χ1n) is 9.47. The number of pyridine rings is 1. The van der Waals surface area contributed by atoms with Crippen LogP contribution < -0.4 is 24.8 Å². The van der Waals surface area contributed by atoms with E-state index in [0.717, 1.165) is 23.5 Å². The van der Waals surface area contributed by atoms with Gasteiger partial charge in [-0.15, -0.1) is 0 Å². The van der Waals surface area contributed by atoms with Crippen LogP contribution >= 0.6 is 0 Å². The smallest absolute Gasteiger partial charge is 0.213 e. The Morgan fingerprint density at radius 3 is 2.68 bits per heavy atom. The predicted octanol–water partition coefficient (Wildman–Crippen LogP) is 3.01. The molecule has 0 bridgehead atoms. The Hall–Kier alpha value is -2.96. The molecule has 0 radical (unpaired) electrons. The molecule has 1 heterocycles. The van der Waals surface area contributed by atoms with Crippen LogP contribution in [0.1, 0.15) is 25.8 Å². The molecule has 1 aromatic heterocycles. The molecule has 0 aliphatic rings. The van der Waals surface area contributed by atoms with Crippen molar-refractivity contribution < 1.29 is 14.2 Å². The van der Waals surface area contributed by atoms with Gasteiger partial charge in [0.2, 0.25) is 5.88 Å². The Bertz CT molecular complexity index is 735. The summed E-state index contributed by atoms with van der Waals surface area (Å²) in [6.45, 7) is 5.97. The second-order valence-electron chi connectivity index (χ2n) is 6.27. The van der Waals surface area contributed by atoms with E-state index in [4.69, 9.17) is 14.2 Å². The van der Waals surface area contributed by atoms with Crippen LogP contribution in [-0.4, -0.2) is 44.4 Å². The molecule has 0 fully saturated rings. The summed E-state index contributed by atoms with van der Waals surface area (Å²) >= 11 is 0. The first-order valence-corrected chi connectivity index (χ1v) is 9.47. The fourth-order valence-electron chi connectivity index (χ4n) is 2.40. The Kier molecular flexibility index (Phi) is 8.91. The molecule has 0 saturated heterocycles. The molecule has 0 saturated carbocycles. The number of guanidine groups is 1. The molecule has 0 aliphatic heterocycles. The van der Waals surface area contributed by atoms with Crippen molar-refractivity contribution in [1.29, 1.82) is 0 Å². The Labute approximate surface area is 167 Å². The highest BCUT2D eigenvalue weighted by Crippen LogP contribution is 2.19. The van der Waals surface area contributed by atoms with Crippen molar-refractivity contribution in [3.05, 3.63) is 48.2 Å². The van der Waals surface area contributed by atoms with Crippen LogP contribution in [0, 0.1) is 0 Å². The van der Waals surface area contributed by atoms with E-state index in [1.807, 2.05) is 43.3 Å². The minimum atomic E-state index is -0.0395. The fourth-order valence-corrected chi connectivity index (χ4v) is 2.40. The van der Waals surface area contributed by atoms with Crippen molar-refractivity contribution in [2.45, 2.75) is 32.9 Å². The van der Waals surface area contributed by atoms with Crippen molar-refractivity contribution in [2.24, 2.45) is 4.99 Å². The molecule has 1 unspecified atom stereocenters. The van der Waals surface area contributed by atoms with E-state index >= 15 is 0 Å². The number of nitrogens with zero attached hydrogens (tertiary/aromatic N) is 2. The summed E-state index contributed by atoms with van der Waals surface area (Å²) in [5, 5.41) is 6.53. The van der Waals surface area contributed by atoms with Gasteiger partial charge in [-0.2, -0.15) is 0 Å². The summed E-state index contributed by atoms with van der Waals surface area (Å²) in [5.74, 6) is 2.90. The van der Waals surface area contributed by atoms with Gasteiger partial charge in [0.1, 0.15) is 17.6 Å². The molecule has 0 amide bonds. The van der Waals surface area contributed by atoms with Gasteiger partial charge in [-0.05, 0) is 31.0 Å². The van der Waals surface area contributed by atoms with Crippen LogP contribution in [0.3, 0.4) is 0 Å². The summed E-state index contributed by atoms with van der Waals surface area (Å²) in [5.41, 5.74) is 1.05. The topological polar surface area (TPSA) is 77.0 Å². The minimum Gasteiger partial charge on any atom is -0.497 e. The van der Waals surface area contributed by atoms with Crippen LogP contribution in [0.15, 0.2) is 47.6 Å². The average molecular weight is 386 g/mol. The molecular weight excluding hydrogens is 356 g/mol. The van der Waals surface area contributed by atoms with Crippen LogP contribution in [-0.2, 0) is 6.54 Å². The first kappa shape index (κ1) is 21.3. The average Bonchev–Trinajstić information content (AvgIpc) is 2.73. The highest BCUT2D eigenvalue weighted by Gasteiger charge is 2.07. The van der Waals surface area contributed by atoms with Crippen LogP contribution in [0.2, 0.25) is 0 Å². The van der Waals surface area contributed by atoms with Crippen molar-refractivity contribution >= 4 is 5.96 Å². The number of aliphatic imine (C=N–C) groups is 1. The standard InChI is InChI=1S/C21H30N4O3/c1-5-11-27-20-10-9-17(14-23-20)15-25-21(22-3)24-13-16(2)28-19-8-6-7-18(12-19)26-4/h6-10,12,14,16H,5,11,13,15H2,1-4H3,(H2,22,24,25). The monoisotopic (exact) mass is 386 g/mol. The SMILES string of the molecule is CCCOc1ccc(CNC(=NC)NCC(C)Oc2cccc(OC)c2)cn1. The zero-order valence-corrected chi connectivity index (χ0v) is 17.1. The van der Waals surface area contributed by atoms with Gasteiger partial charge < -0.3 is 24.8 Å². The van der Waals surface area contributed by atoms with Crippen LogP contribution in [0.25, 0.3) is 0 Å². The summed E-state index contributed by atoms with van der Waals surface area (Å²) in [7, 11) is 3.38. The molecule has 2 N–H and O–H groups in total. The van der Waals surface area contributed by atoms with Crippen LogP contribution in [0.4, 0.5) is 0 Å². The summed E-state index contributed by atoms with van der Waals surface area (Å²) < 4.78 is 16.6. The second kappa shape index (κ2) is 11.7. The highest BCUT2D eigenvalue weighted by atomic mass is 16.5. The molecule has 152 valence electrons. The number of ether oxygens (including phenoxy) is 3. The van der Waals surface area contributed by atoms with Crippen LogP contribution in [0.5, 0.6) is 17.4 Å². The zero-order chi connectivity index (χ0) is 20.2. The number of hydrogen-bond donors (Lipinski definition) is 2. The largest absolute Gasteiger partial charge is 0.497 e. The van der Waals surface area contributed by atoms with E-state index in [2.05, 4.69) is 27.5 Å². The van der Waals surface area contributed by atoms with Crippen molar-refractivity contribution in [2.75, 3.05) is 27.3 Å². The maximum absolute atomic E-state index is 5.91. The lowest BCUT2D eigenvalue weighted by atomic mass is 10.3. The molecule has 28 heavy (non-hydrogen) atoms. The molecule has 1 atom stereocenters. The minimum absolute atomic E-state index is 0.0395. The van der Waals surface area contributed by atoms with Gasteiger partial charge in [-0.25, -0.2) is 4.98 Å². The Morgan fingerprint density at radius 2 is 2.00 bits per heavy atom. The number of hydrogen-bond acceptors (Lipinski definition) is 5. The molecular formula is C21H30N4O3. The van der Waals surface area contributed by atoms with Crippen molar-refractivity contribution in [1.82, 2.24) is 15.6 Å². The van der Waals surface area contributed by atoms with E-state index in [-0.39, 0.29) is 6.10 Å². The molecule has 0 spiro atoms. The number of aromatic nitrogens is 1. The summed E-state index contributed by atoms with van der Waals surface area (Å²) in [6.07, 6.45) is 2.73. The Morgan fingerprint density at radius 1 is 1.18 bits per heavy atom. The third kappa shape index (κ3) is 7.34. The van der Waals surface area contributed by atoms with E-state index in [0.29, 0.717) is 31.5 Å². The Balaban J connectivity index is 1.75. The van der Waals surface area contributed by atoms with E-state index < -0.39 is 0 Å². The maximum Gasteiger partial charge on any atom is 0.213 e. The lowest BCUT2D eigenvalue weighted by Crippen LogP contribution is -2.41. The zero-order valence-electron chi connectivity index (χ0n) is 17.1. The number of rotatable bonds is 10. The van der Waals surface area contributed by atoms with Gasteiger partial charge in [-0.1, -0.05) is 19.1 Å². The summed E-state index contributed by atoms with van der Waals surface area (Å²) in [6, 6.07) is 11.4. The quantitative estimate of drug-likeness (QED) is 0.483. The van der Waals surface area contributed by atoms with Gasteiger partial charge in [0.05, 0.1) is 20.3 Å². The number of methoxy groups -OCH3 is 1.